The third-order valence-corrected chi connectivity index (χ3v) is 2.88. The average Bonchev–Trinajstić information content (AvgIpc) is 2.09. The van der Waals surface area contributed by atoms with Gasteiger partial charge in [0, 0.05) is 6.61 Å². The number of unbranched alkanes of at least 4 members (excludes halogenated alkanes) is 2. The third-order valence-electron chi connectivity index (χ3n) is 1.76. The largest absolute Gasteiger partial charge is 1.00 e. The maximum Gasteiger partial charge on any atom is 1.00 e. The van der Waals surface area contributed by atoms with Crippen molar-refractivity contribution in [2.24, 2.45) is 0 Å². The summed E-state index contributed by atoms with van der Waals surface area (Å²) in [7, 11) is -4.30. The fourth-order valence-corrected chi connectivity index (χ4v) is 1.68. The minimum absolute atomic E-state index is 0. The van der Waals surface area contributed by atoms with E-state index in [1.807, 2.05) is 0 Å². The Morgan fingerprint density at radius 2 is 2.07 bits per heavy atom. The molecular formula is C9H17NaO4S. The third kappa shape index (κ3) is 9.53. The van der Waals surface area contributed by atoms with Crippen LogP contribution in [0.15, 0.2) is 12.7 Å². The van der Waals surface area contributed by atoms with E-state index in [9.17, 15) is 13.0 Å². The van der Waals surface area contributed by atoms with Crippen LogP contribution >= 0.6 is 0 Å². The molecule has 0 aliphatic rings. The molecule has 4 nitrogen and oxygen atoms in total. The second-order valence-corrected chi connectivity index (χ2v) is 4.50. The summed E-state index contributed by atoms with van der Waals surface area (Å²) in [5, 5.41) is 0. The number of hydrogen-bond donors (Lipinski definition) is 0. The van der Waals surface area contributed by atoms with Gasteiger partial charge in [-0.15, -0.1) is 6.58 Å². The predicted octanol–water partition coefficient (Wildman–Crippen LogP) is -1.36. The molecule has 6 heteroatoms. The summed E-state index contributed by atoms with van der Waals surface area (Å²) >= 11 is 0. The molecule has 0 fully saturated rings. The van der Waals surface area contributed by atoms with Crippen molar-refractivity contribution in [1.82, 2.24) is 0 Å². The topological polar surface area (TPSA) is 66.4 Å². The fraction of sp³-hybridized carbons (Fsp3) is 0.778. The Bertz CT molecular complexity index is 251. The molecule has 15 heavy (non-hydrogen) atoms. The summed E-state index contributed by atoms with van der Waals surface area (Å²) in [6.07, 6.45) is 4.52. The Kier molecular flexibility index (Phi) is 11.8. The van der Waals surface area contributed by atoms with Gasteiger partial charge >= 0.3 is 29.6 Å². The summed E-state index contributed by atoms with van der Waals surface area (Å²) in [4.78, 5) is 0. The van der Waals surface area contributed by atoms with E-state index in [1.54, 1.807) is 13.0 Å². The molecule has 0 radical (unpaired) electrons. The Labute approximate surface area is 114 Å². The monoisotopic (exact) mass is 244 g/mol. The summed E-state index contributed by atoms with van der Waals surface area (Å²) < 4.78 is 36.7. The van der Waals surface area contributed by atoms with E-state index in [1.165, 1.54) is 0 Å². The zero-order chi connectivity index (χ0) is 11.0. The van der Waals surface area contributed by atoms with Gasteiger partial charge in [0.05, 0.1) is 0 Å². The van der Waals surface area contributed by atoms with E-state index >= 15 is 0 Å². The van der Waals surface area contributed by atoms with Crippen LogP contribution in [0.1, 0.15) is 32.6 Å². The van der Waals surface area contributed by atoms with Crippen molar-refractivity contribution in [1.29, 1.82) is 0 Å². The molecule has 0 aliphatic carbocycles. The van der Waals surface area contributed by atoms with Crippen molar-refractivity contribution in [3.05, 3.63) is 12.7 Å². The molecule has 0 aromatic carbocycles. The van der Waals surface area contributed by atoms with Crippen LogP contribution < -0.4 is 29.6 Å². The number of hydrogen-bond acceptors (Lipinski definition) is 4. The quantitative estimate of drug-likeness (QED) is 0.229. The number of rotatable bonds is 8. The van der Waals surface area contributed by atoms with Gasteiger partial charge in [0.25, 0.3) is 0 Å². The second-order valence-electron chi connectivity index (χ2n) is 2.99. The fourth-order valence-electron chi connectivity index (χ4n) is 1.01. The van der Waals surface area contributed by atoms with Crippen LogP contribution in [0.3, 0.4) is 0 Å². The average molecular weight is 244 g/mol. The predicted molar refractivity (Wildman–Crippen MR) is 53.8 cm³/mol. The zero-order valence-corrected chi connectivity index (χ0v) is 12.3. The summed E-state index contributed by atoms with van der Waals surface area (Å²) in [6, 6.07) is 0. The maximum absolute atomic E-state index is 10.6. The van der Waals surface area contributed by atoms with Crippen molar-refractivity contribution in [2.45, 2.75) is 38.0 Å². The standard InChI is InChI=1S/C9H18O4S.Na/c1-3-5-6-7-8-13-9(4-2)14(10,11)12;/h3,9H,1,4-8H2,2H3,(H,10,11,12);/q;+1/p-1. The van der Waals surface area contributed by atoms with Crippen LogP contribution in [-0.2, 0) is 14.9 Å². The van der Waals surface area contributed by atoms with Crippen LogP contribution in [-0.4, -0.2) is 25.0 Å². The van der Waals surface area contributed by atoms with E-state index in [0.29, 0.717) is 6.61 Å². The Morgan fingerprint density at radius 3 is 2.47 bits per heavy atom. The van der Waals surface area contributed by atoms with Gasteiger partial charge in [0.15, 0.2) is 0 Å². The molecule has 1 unspecified atom stereocenters. The first-order valence-electron chi connectivity index (χ1n) is 4.69. The normalized spacial score (nSPS) is 12.9. The van der Waals surface area contributed by atoms with Gasteiger partial charge in [-0.3, -0.25) is 0 Å². The van der Waals surface area contributed by atoms with E-state index in [-0.39, 0.29) is 36.0 Å². The first-order chi connectivity index (χ1) is 6.52. The van der Waals surface area contributed by atoms with Crippen LogP contribution in [0.5, 0.6) is 0 Å². The molecule has 0 bridgehead atoms. The van der Waals surface area contributed by atoms with E-state index in [2.05, 4.69) is 6.58 Å². The molecule has 0 spiro atoms. The first-order valence-corrected chi connectivity index (χ1v) is 6.16. The van der Waals surface area contributed by atoms with Gasteiger partial charge in [0.1, 0.15) is 15.6 Å². The summed E-state index contributed by atoms with van der Waals surface area (Å²) in [5.41, 5.74) is -1.19. The SMILES string of the molecule is C=CCCCCOC(CC)S(=O)(=O)[O-].[Na+]. The van der Waals surface area contributed by atoms with Gasteiger partial charge in [-0.1, -0.05) is 13.0 Å². The van der Waals surface area contributed by atoms with E-state index in [0.717, 1.165) is 19.3 Å². The Morgan fingerprint density at radius 1 is 1.47 bits per heavy atom. The molecule has 0 rings (SSSR count). The second kappa shape index (κ2) is 9.81. The van der Waals surface area contributed by atoms with Crippen molar-refractivity contribution in [3.8, 4) is 0 Å². The van der Waals surface area contributed by atoms with E-state index in [4.69, 9.17) is 4.74 Å². The van der Waals surface area contributed by atoms with Crippen molar-refractivity contribution < 1.29 is 47.3 Å². The molecule has 0 aromatic heterocycles. The summed E-state index contributed by atoms with van der Waals surface area (Å²) in [5.74, 6) is 0. The number of allylic oxidation sites excluding steroid dienone is 1. The Hall–Kier alpha value is 0.610. The molecule has 0 amide bonds. The molecule has 0 saturated carbocycles. The molecule has 1 atom stereocenters. The first kappa shape index (κ1) is 18.0. The molecule has 0 N–H and O–H groups in total. The van der Waals surface area contributed by atoms with Gasteiger partial charge in [-0.25, -0.2) is 8.42 Å². The van der Waals surface area contributed by atoms with Crippen LogP contribution in [0.25, 0.3) is 0 Å². The molecule has 84 valence electrons. The van der Waals surface area contributed by atoms with Crippen LogP contribution in [0.4, 0.5) is 0 Å². The molecular weight excluding hydrogens is 227 g/mol. The molecule has 0 aliphatic heterocycles. The number of ether oxygens (including phenoxy) is 1. The molecule has 0 saturated heterocycles. The smallest absolute Gasteiger partial charge is 0.746 e. The minimum Gasteiger partial charge on any atom is -0.746 e. The molecule has 0 heterocycles. The van der Waals surface area contributed by atoms with Crippen molar-refractivity contribution in [3.63, 3.8) is 0 Å². The molecule has 0 aromatic rings. The van der Waals surface area contributed by atoms with Crippen LogP contribution in [0.2, 0.25) is 0 Å². The maximum atomic E-state index is 10.6. The minimum atomic E-state index is -4.30. The van der Waals surface area contributed by atoms with E-state index < -0.39 is 15.6 Å². The van der Waals surface area contributed by atoms with Gasteiger partial charge in [-0.05, 0) is 25.7 Å². The van der Waals surface area contributed by atoms with Gasteiger partial charge in [0.2, 0.25) is 0 Å². The Balaban J connectivity index is 0. The van der Waals surface area contributed by atoms with Crippen molar-refractivity contribution >= 4 is 10.1 Å². The van der Waals surface area contributed by atoms with Gasteiger partial charge in [-0.2, -0.15) is 0 Å². The van der Waals surface area contributed by atoms with Gasteiger partial charge < -0.3 is 9.29 Å². The van der Waals surface area contributed by atoms with Crippen LogP contribution in [0, 0.1) is 0 Å². The zero-order valence-electron chi connectivity index (χ0n) is 9.44. The van der Waals surface area contributed by atoms with Crippen molar-refractivity contribution in [2.75, 3.05) is 6.61 Å². The summed E-state index contributed by atoms with van der Waals surface area (Å²) in [6.45, 7) is 5.49.